The topological polar surface area (TPSA) is 43.4 Å². The molecule has 4 heteroatoms. The maximum atomic E-state index is 11.4. The van der Waals surface area contributed by atoms with Crippen LogP contribution in [0.1, 0.15) is 23.7 Å². The van der Waals surface area contributed by atoms with Gasteiger partial charge in [-0.25, -0.2) is 0 Å². The van der Waals surface area contributed by atoms with Gasteiger partial charge >= 0.3 is 5.97 Å². The number of hydrogen-bond acceptors (Lipinski definition) is 3. The third-order valence-electron chi connectivity index (χ3n) is 1.69. The Bertz CT molecular complexity index is 322. The Morgan fingerprint density at radius 1 is 1.31 bits per heavy atom. The maximum absolute atomic E-state index is 11.4. The molecule has 1 aromatic rings. The third kappa shape index (κ3) is 6.14. The number of ketones is 1. The largest absolute Gasteiger partial charge is 0.457 e. The number of carbonyl (C=O) groups excluding carboxylic acids is 2. The standard InChI is InChI=1S/C11H11O3.CH3.Y/c1-2-11(13)14-8-10(12)9-6-4-3-5-7-9;;/h4-7H,2,8H2,1H3;1H3;/q2*-1;. The van der Waals surface area contributed by atoms with Crippen molar-refractivity contribution in [1.29, 1.82) is 0 Å². The molecule has 0 aliphatic rings. The molecule has 0 aromatic heterocycles. The van der Waals surface area contributed by atoms with Crippen LogP contribution in [0.4, 0.5) is 0 Å². The Labute approximate surface area is 121 Å². The van der Waals surface area contributed by atoms with E-state index in [0.717, 1.165) is 0 Å². The summed E-state index contributed by atoms with van der Waals surface area (Å²) in [5.41, 5.74) is 0.535. The first-order valence-corrected chi connectivity index (χ1v) is 4.39. The molecular weight excluding hydrogens is 281 g/mol. The van der Waals surface area contributed by atoms with Crippen LogP contribution < -0.4 is 0 Å². The van der Waals surface area contributed by atoms with Crippen LogP contribution in [0, 0.1) is 13.5 Å². The van der Waals surface area contributed by atoms with Gasteiger partial charge in [-0.05, 0) is 0 Å². The van der Waals surface area contributed by atoms with E-state index in [1.165, 1.54) is 0 Å². The van der Waals surface area contributed by atoms with Gasteiger partial charge < -0.3 is 12.2 Å². The van der Waals surface area contributed by atoms with E-state index in [4.69, 9.17) is 4.74 Å². The van der Waals surface area contributed by atoms with Crippen molar-refractivity contribution in [2.24, 2.45) is 0 Å². The number of hydrogen-bond donors (Lipinski definition) is 0. The molecule has 0 amide bonds. The van der Waals surface area contributed by atoms with Gasteiger partial charge in [-0.2, -0.15) is 30.3 Å². The monoisotopic (exact) mass is 295 g/mol. The molecule has 0 atom stereocenters. The van der Waals surface area contributed by atoms with Gasteiger partial charge in [-0.1, -0.05) is 12.5 Å². The van der Waals surface area contributed by atoms with Crippen LogP contribution in [0.2, 0.25) is 0 Å². The Balaban J connectivity index is 0. The predicted molar refractivity (Wildman–Crippen MR) is 57.3 cm³/mol. The third-order valence-corrected chi connectivity index (χ3v) is 1.69. The van der Waals surface area contributed by atoms with E-state index >= 15 is 0 Å². The Hall–Kier alpha value is -0.536. The van der Waals surface area contributed by atoms with Gasteiger partial charge in [0, 0.05) is 39.1 Å². The van der Waals surface area contributed by atoms with E-state index in [-0.39, 0.29) is 64.9 Å². The molecule has 16 heavy (non-hydrogen) atoms. The van der Waals surface area contributed by atoms with Crippen molar-refractivity contribution in [3.05, 3.63) is 43.3 Å². The molecule has 1 radical (unpaired) electrons. The molecule has 3 nitrogen and oxygen atoms in total. The summed E-state index contributed by atoms with van der Waals surface area (Å²) >= 11 is 0. The van der Waals surface area contributed by atoms with E-state index in [1.54, 1.807) is 31.2 Å². The first-order valence-electron chi connectivity index (χ1n) is 4.39. The number of rotatable bonds is 4. The molecule has 0 saturated carbocycles. The van der Waals surface area contributed by atoms with Crippen LogP contribution in [-0.2, 0) is 42.2 Å². The van der Waals surface area contributed by atoms with E-state index in [2.05, 4.69) is 6.07 Å². The summed E-state index contributed by atoms with van der Waals surface area (Å²) in [7, 11) is 0. The first kappa shape index (κ1) is 17.8. The number of ether oxygens (including phenoxy) is 1. The average Bonchev–Trinajstić information content (AvgIpc) is 2.26. The molecule has 0 N–H and O–H groups in total. The second-order valence-electron chi connectivity index (χ2n) is 2.73. The van der Waals surface area contributed by atoms with Crippen LogP contribution in [0.3, 0.4) is 0 Å². The van der Waals surface area contributed by atoms with Crippen LogP contribution in [0.15, 0.2) is 24.3 Å². The van der Waals surface area contributed by atoms with Crippen molar-refractivity contribution < 1.29 is 47.0 Å². The second-order valence-corrected chi connectivity index (χ2v) is 2.73. The van der Waals surface area contributed by atoms with Gasteiger partial charge in [0.1, 0.15) is 0 Å². The number of carbonyl (C=O) groups is 2. The normalized spacial score (nSPS) is 8.31. The number of benzene rings is 1. The van der Waals surface area contributed by atoms with Crippen molar-refractivity contribution in [3.8, 4) is 0 Å². The zero-order valence-electron chi connectivity index (χ0n) is 9.53. The molecule has 0 fully saturated rings. The van der Waals surface area contributed by atoms with Crippen molar-refractivity contribution in [1.82, 2.24) is 0 Å². The summed E-state index contributed by atoms with van der Waals surface area (Å²) in [5.74, 6) is -0.554. The van der Waals surface area contributed by atoms with Crippen molar-refractivity contribution in [2.75, 3.05) is 6.61 Å². The summed E-state index contributed by atoms with van der Waals surface area (Å²) in [5, 5.41) is 0. The van der Waals surface area contributed by atoms with Gasteiger partial charge in [0.05, 0.1) is 0 Å². The fourth-order valence-corrected chi connectivity index (χ4v) is 0.904. The fraction of sp³-hybridized carbons (Fsp3) is 0.250. The second kappa shape index (κ2) is 9.67. The van der Waals surface area contributed by atoms with Crippen molar-refractivity contribution in [3.63, 3.8) is 0 Å². The van der Waals surface area contributed by atoms with Gasteiger partial charge in [0.25, 0.3) is 0 Å². The molecule has 0 aliphatic carbocycles. The molecule has 0 bridgehead atoms. The zero-order valence-corrected chi connectivity index (χ0v) is 12.4. The molecule has 85 valence electrons. The minimum Gasteiger partial charge on any atom is -0.457 e. The minimum absolute atomic E-state index is 0. The average molecular weight is 295 g/mol. The van der Waals surface area contributed by atoms with E-state index < -0.39 is 0 Å². The first-order chi connectivity index (χ1) is 6.74. The molecule has 0 aliphatic heterocycles. The summed E-state index contributed by atoms with van der Waals surface area (Å²) in [4.78, 5) is 22.1. The summed E-state index contributed by atoms with van der Waals surface area (Å²) in [6.07, 6.45) is 0.288. The van der Waals surface area contributed by atoms with E-state index in [9.17, 15) is 9.59 Å². The Morgan fingerprint density at radius 3 is 2.38 bits per heavy atom. The number of esters is 1. The summed E-state index contributed by atoms with van der Waals surface area (Å²) < 4.78 is 4.71. The van der Waals surface area contributed by atoms with Gasteiger partial charge in [-0.3, -0.25) is 9.59 Å². The smallest absolute Gasteiger partial charge is 0.305 e. The number of Topliss-reactive ketones (excluding diaryl/α,β-unsaturated/α-hetero) is 1. The predicted octanol–water partition coefficient (Wildman–Crippen LogP) is 2.07. The van der Waals surface area contributed by atoms with Crippen LogP contribution >= 0.6 is 0 Å². The van der Waals surface area contributed by atoms with Gasteiger partial charge in [0.2, 0.25) is 0 Å². The molecule has 0 spiro atoms. The van der Waals surface area contributed by atoms with Crippen LogP contribution in [0.5, 0.6) is 0 Å². The fourth-order valence-electron chi connectivity index (χ4n) is 0.904. The zero-order chi connectivity index (χ0) is 10.4. The van der Waals surface area contributed by atoms with Crippen LogP contribution in [-0.4, -0.2) is 18.4 Å². The SMILES string of the molecule is CCC(=O)OCC(=O)c1cc[c-]cc1.[CH3-].[Y]. The van der Waals surface area contributed by atoms with Crippen molar-refractivity contribution >= 4 is 11.8 Å². The molecule has 1 aromatic carbocycles. The molecule has 0 saturated heterocycles. The molecule has 0 heterocycles. The van der Waals surface area contributed by atoms with Gasteiger partial charge in [0.15, 0.2) is 12.4 Å². The van der Waals surface area contributed by atoms with Crippen LogP contribution in [0.25, 0.3) is 0 Å². The van der Waals surface area contributed by atoms with E-state index in [0.29, 0.717) is 5.56 Å². The molecule has 1 rings (SSSR count). The van der Waals surface area contributed by atoms with Crippen molar-refractivity contribution in [2.45, 2.75) is 13.3 Å². The van der Waals surface area contributed by atoms with Gasteiger partial charge in [-0.15, -0.1) is 0 Å². The quantitative estimate of drug-likeness (QED) is 0.485. The minimum atomic E-state index is -0.360. The summed E-state index contributed by atoms with van der Waals surface area (Å²) in [6.45, 7) is 1.50. The summed E-state index contributed by atoms with van der Waals surface area (Å²) in [6, 6.07) is 9.38. The van der Waals surface area contributed by atoms with E-state index in [1.807, 2.05) is 0 Å². The Kier molecular flexibility index (Phi) is 10.8. The maximum Gasteiger partial charge on any atom is 0.305 e. The molecular formula is C12H14O3Y-2. The molecule has 0 unspecified atom stereocenters. The Morgan fingerprint density at radius 2 is 1.88 bits per heavy atom.